The molecule has 1 saturated heterocycles. The molecular formula is C22H17ClN4OS. The van der Waals surface area contributed by atoms with E-state index in [2.05, 4.69) is 15.2 Å². The summed E-state index contributed by atoms with van der Waals surface area (Å²) in [7, 11) is 0. The Kier molecular flexibility index (Phi) is 4.26. The van der Waals surface area contributed by atoms with Crippen LogP contribution in [0.2, 0.25) is 5.02 Å². The minimum Gasteiger partial charge on any atom is -0.333 e. The number of amides is 1. The maximum Gasteiger partial charge on any atom is 0.256 e. The van der Waals surface area contributed by atoms with Crippen LogP contribution in [0, 0.1) is 0 Å². The zero-order chi connectivity index (χ0) is 20.0. The van der Waals surface area contributed by atoms with Crippen LogP contribution in [0.1, 0.15) is 21.5 Å². The van der Waals surface area contributed by atoms with E-state index in [1.165, 1.54) is 0 Å². The lowest BCUT2D eigenvalue weighted by Crippen LogP contribution is -2.52. The van der Waals surface area contributed by atoms with Gasteiger partial charge in [-0.25, -0.2) is 0 Å². The van der Waals surface area contributed by atoms with Crippen LogP contribution in [0.5, 0.6) is 0 Å². The largest absolute Gasteiger partial charge is 0.333 e. The average Bonchev–Trinajstić information content (AvgIpc) is 3.25. The number of nitrogens with one attached hydrogen (secondary N) is 1. The third-order valence-corrected chi connectivity index (χ3v) is 6.09. The molecule has 1 N–H and O–H groups in total. The Morgan fingerprint density at radius 1 is 1.07 bits per heavy atom. The molecule has 1 atom stereocenters. The third kappa shape index (κ3) is 2.63. The van der Waals surface area contributed by atoms with Gasteiger partial charge in [0.25, 0.3) is 5.91 Å². The molecule has 1 fully saturated rings. The van der Waals surface area contributed by atoms with Crippen molar-refractivity contribution in [3.63, 3.8) is 0 Å². The molecule has 5 rings (SSSR count). The van der Waals surface area contributed by atoms with Gasteiger partial charge in [-0.1, -0.05) is 41.9 Å². The first-order valence-corrected chi connectivity index (χ1v) is 10.1. The van der Waals surface area contributed by atoms with Crippen molar-refractivity contribution in [3.8, 4) is 0 Å². The number of anilines is 1. The molecule has 2 aliphatic heterocycles. The highest BCUT2D eigenvalue weighted by Crippen LogP contribution is 2.49. The molecule has 5 nitrogen and oxygen atoms in total. The molecule has 1 amide bonds. The number of halogens is 1. The molecule has 3 aromatic rings. The Bertz CT molecular complexity index is 1110. The van der Waals surface area contributed by atoms with Gasteiger partial charge in [-0.05, 0) is 42.5 Å². The van der Waals surface area contributed by atoms with E-state index in [1.807, 2.05) is 59.5 Å². The van der Waals surface area contributed by atoms with Gasteiger partial charge in [0.2, 0.25) is 0 Å². The van der Waals surface area contributed by atoms with Gasteiger partial charge in [-0.15, -0.1) is 0 Å². The molecule has 0 spiro atoms. The quantitative estimate of drug-likeness (QED) is 0.632. The second kappa shape index (κ2) is 6.83. The van der Waals surface area contributed by atoms with E-state index in [9.17, 15) is 4.79 Å². The van der Waals surface area contributed by atoms with Crippen molar-refractivity contribution < 1.29 is 4.79 Å². The minimum absolute atomic E-state index is 0.0117. The number of carbonyl (C=O) groups is 1. The zero-order valence-corrected chi connectivity index (χ0v) is 17.0. The molecule has 144 valence electrons. The summed E-state index contributed by atoms with van der Waals surface area (Å²) in [4.78, 5) is 21.5. The second-order valence-corrected chi connectivity index (χ2v) is 7.83. The van der Waals surface area contributed by atoms with Crippen molar-refractivity contribution in [2.45, 2.75) is 5.66 Å². The SMILES string of the molecule is O=C1c2ccncc2C2(c3ccc(Cl)cc3)N1CCN2C(=S)Nc1ccccc1. The molecule has 0 radical (unpaired) electrons. The van der Waals surface area contributed by atoms with Crippen LogP contribution in [0.15, 0.2) is 73.1 Å². The number of nitrogens with zero attached hydrogens (tertiary/aromatic N) is 3. The Hall–Kier alpha value is -2.96. The van der Waals surface area contributed by atoms with Gasteiger partial charge in [0.1, 0.15) is 0 Å². The molecule has 3 heterocycles. The van der Waals surface area contributed by atoms with E-state index in [-0.39, 0.29) is 5.91 Å². The lowest BCUT2D eigenvalue weighted by Gasteiger charge is -2.41. The summed E-state index contributed by atoms with van der Waals surface area (Å²) >= 11 is 12.0. The van der Waals surface area contributed by atoms with Crippen molar-refractivity contribution in [3.05, 3.63) is 94.8 Å². The Morgan fingerprint density at radius 3 is 2.59 bits per heavy atom. The van der Waals surface area contributed by atoms with Crippen LogP contribution in [0.3, 0.4) is 0 Å². The summed E-state index contributed by atoms with van der Waals surface area (Å²) in [5.41, 5.74) is 2.48. The van der Waals surface area contributed by atoms with E-state index in [0.717, 1.165) is 16.8 Å². The molecule has 1 unspecified atom stereocenters. The van der Waals surface area contributed by atoms with Crippen LogP contribution in [-0.4, -0.2) is 38.9 Å². The number of rotatable bonds is 2. The topological polar surface area (TPSA) is 48.5 Å². The maximum atomic E-state index is 13.2. The van der Waals surface area contributed by atoms with Gasteiger partial charge in [-0.3, -0.25) is 9.78 Å². The van der Waals surface area contributed by atoms with Gasteiger partial charge in [0, 0.05) is 47.3 Å². The smallest absolute Gasteiger partial charge is 0.256 e. The number of pyridine rings is 1. The highest BCUT2D eigenvalue weighted by Gasteiger charge is 2.59. The van der Waals surface area contributed by atoms with Crippen molar-refractivity contribution in [2.75, 3.05) is 18.4 Å². The summed E-state index contributed by atoms with van der Waals surface area (Å²) in [5, 5.41) is 4.52. The van der Waals surface area contributed by atoms with E-state index >= 15 is 0 Å². The summed E-state index contributed by atoms with van der Waals surface area (Å²) < 4.78 is 0. The van der Waals surface area contributed by atoms with E-state index in [1.54, 1.807) is 18.5 Å². The van der Waals surface area contributed by atoms with Crippen LogP contribution >= 0.6 is 23.8 Å². The number of hydrogen-bond donors (Lipinski definition) is 1. The van der Waals surface area contributed by atoms with Crippen molar-refractivity contribution >= 4 is 40.5 Å². The van der Waals surface area contributed by atoms with Gasteiger partial charge < -0.3 is 15.1 Å². The van der Waals surface area contributed by atoms with E-state index < -0.39 is 5.66 Å². The second-order valence-electron chi connectivity index (χ2n) is 7.00. The van der Waals surface area contributed by atoms with E-state index in [0.29, 0.717) is 28.8 Å². The molecular weight excluding hydrogens is 404 g/mol. The van der Waals surface area contributed by atoms with Gasteiger partial charge in [-0.2, -0.15) is 0 Å². The fraction of sp³-hybridized carbons (Fsp3) is 0.136. The predicted molar refractivity (Wildman–Crippen MR) is 117 cm³/mol. The minimum atomic E-state index is -0.843. The highest BCUT2D eigenvalue weighted by atomic mass is 35.5. The first-order chi connectivity index (χ1) is 14.1. The fourth-order valence-electron chi connectivity index (χ4n) is 4.32. The lowest BCUT2D eigenvalue weighted by atomic mass is 9.91. The summed E-state index contributed by atoms with van der Waals surface area (Å²) in [5.74, 6) is -0.0117. The fourth-order valence-corrected chi connectivity index (χ4v) is 4.79. The Labute approximate surface area is 178 Å². The van der Waals surface area contributed by atoms with Crippen LogP contribution < -0.4 is 5.32 Å². The molecule has 7 heteroatoms. The number of carbonyl (C=O) groups excluding carboxylic acids is 1. The molecule has 0 saturated carbocycles. The van der Waals surface area contributed by atoms with Crippen LogP contribution in [-0.2, 0) is 5.66 Å². The molecule has 0 bridgehead atoms. The van der Waals surface area contributed by atoms with Crippen LogP contribution in [0.25, 0.3) is 0 Å². The summed E-state index contributed by atoms with van der Waals surface area (Å²) in [6.07, 6.45) is 3.42. The standard InChI is InChI=1S/C22H17ClN4OS/c23-16-8-6-15(7-9-16)22-19-14-24-11-10-18(19)20(28)26(22)12-13-27(22)21(29)25-17-4-2-1-3-5-17/h1-11,14H,12-13H2,(H,25,29). The van der Waals surface area contributed by atoms with E-state index in [4.69, 9.17) is 23.8 Å². The molecule has 29 heavy (non-hydrogen) atoms. The summed E-state index contributed by atoms with van der Waals surface area (Å²) in [6, 6.07) is 19.2. The maximum absolute atomic E-state index is 13.2. The Balaban J connectivity index is 1.67. The number of fused-ring (bicyclic) bond motifs is 3. The molecule has 2 aromatic carbocycles. The number of aromatic nitrogens is 1. The normalized spacial score (nSPS) is 19.8. The first-order valence-electron chi connectivity index (χ1n) is 9.28. The molecule has 0 aliphatic carbocycles. The van der Waals surface area contributed by atoms with Gasteiger partial charge in [0.15, 0.2) is 10.8 Å². The third-order valence-electron chi connectivity index (χ3n) is 5.52. The van der Waals surface area contributed by atoms with Gasteiger partial charge >= 0.3 is 0 Å². The molecule has 1 aromatic heterocycles. The number of benzene rings is 2. The Morgan fingerprint density at radius 2 is 1.83 bits per heavy atom. The van der Waals surface area contributed by atoms with Crippen molar-refractivity contribution in [1.82, 2.24) is 14.8 Å². The highest BCUT2D eigenvalue weighted by molar-refractivity contribution is 7.80. The van der Waals surface area contributed by atoms with Gasteiger partial charge in [0.05, 0.1) is 5.56 Å². The number of para-hydroxylation sites is 1. The van der Waals surface area contributed by atoms with Crippen molar-refractivity contribution in [2.24, 2.45) is 0 Å². The average molecular weight is 421 g/mol. The van der Waals surface area contributed by atoms with Crippen molar-refractivity contribution in [1.29, 1.82) is 0 Å². The zero-order valence-electron chi connectivity index (χ0n) is 15.4. The lowest BCUT2D eigenvalue weighted by molar-refractivity contribution is 0.0604. The van der Waals surface area contributed by atoms with Crippen LogP contribution in [0.4, 0.5) is 5.69 Å². The molecule has 2 aliphatic rings. The monoisotopic (exact) mass is 420 g/mol. The first kappa shape index (κ1) is 18.1. The number of hydrogen-bond acceptors (Lipinski definition) is 3. The summed E-state index contributed by atoms with van der Waals surface area (Å²) in [6.45, 7) is 1.17. The number of thiocarbonyl (C=S) groups is 1. The predicted octanol–water partition coefficient (Wildman–Crippen LogP) is 4.10.